The van der Waals surface area contributed by atoms with Crippen molar-refractivity contribution in [3.05, 3.63) is 28.8 Å². The van der Waals surface area contributed by atoms with Crippen molar-refractivity contribution < 1.29 is 24.9 Å². The zero-order valence-electron chi connectivity index (χ0n) is 12.8. The van der Waals surface area contributed by atoms with Crippen LogP contribution in [0, 0.1) is 5.92 Å². The number of carboxylic acid groups (broad SMARTS) is 1. The lowest BCUT2D eigenvalue weighted by Crippen LogP contribution is -2.38. The van der Waals surface area contributed by atoms with Crippen LogP contribution in [0.25, 0.3) is 0 Å². The highest BCUT2D eigenvalue weighted by molar-refractivity contribution is 6.30. The number of hydrogen-bond acceptors (Lipinski definition) is 5. The van der Waals surface area contributed by atoms with Crippen LogP contribution in [0.15, 0.2) is 18.2 Å². The third-order valence-electron chi connectivity index (χ3n) is 4.13. The molecule has 3 N–H and O–H groups in total. The maximum Gasteiger partial charge on any atom is 0.341 e. The molecule has 1 unspecified atom stereocenters. The molecule has 23 heavy (non-hydrogen) atoms. The summed E-state index contributed by atoms with van der Waals surface area (Å²) in [5.41, 5.74) is 0.847. The molecular weight excluding hydrogens is 322 g/mol. The summed E-state index contributed by atoms with van der Waals surface area (Å²) in [6.07, 6.45) is 0.971. The first-order chi connectivity index (χ1) is 11.0. The van der Waals surface area contributed by atoms with Gasteiger partial charge in [0.2, 0.25) is 0 Å². The Morgan fingerprint density at radius 3 is 2.70 bits per heavy atom. The van der Waals surface area contributed by atoms with Gasteiger partial charge in [0, 0.05) is 17.1 Å². The van der Waals surface area contributed by atoms with Crippen LogP contribution >= 0.6 is 11.6 Å². The number of aliphatic hydroxyl groups is 2. The van der Waals surface area contributed by atoms with E-state index in [-0.39, 0.29) is 19.1 Å². The molecule has 1 aromatic rings. The summed E-state index contributed by atoms with van der Waals surface area (Å²) in [7, 11) is 0. The van der Waals surface area contributed by atoms with Gasteiger partial charge in [-0.15, -0.1) is 0 Å². The summed E-state index contributed by atoms with van der Waals surface area (Å²) in [5.74, 6) is -0.377. The Morgan fingerprint density at radius 1 is 1.39 bits per heavy atom. The first-order valence-electron chi connectivity index (χ1n) is 7.64. The van der Waals surface area contributed by atoms with Gasteiger partial charge in [0.05, 0.1) is 12.7 Å². The third-order valence-corrected chi connectivity index (χ3v) is 4.37. The molecule has 1 heterocycles. The summed E-state index contributed by atoms with van der Waals surface area (Å²) in [4.78, 5) is 12.9. The van der Waals surface area contributed by atoms with Gasteiger partial charge >= 0.3 is 5.97 Å². The monoisotopic (exact) mass is 343 g/mol. The van der Waals surface area contributed by atoms with Crippen LogP contribution in [0.1, 0.15) is 18.4 Å². The summed E-state index contributed by atoms with van der Waals surface area (Å²) in [6, 6.07) is 5.14. The van der Waals surface area contributed by atoms with E-state index in [1.807, 2.05) is 0 Å². The topological polar surface area (TPSA) is 90.2 Å². The molecule has 7 heteroatoms. The first kappa shape index (κ1) is 18.0. The van der Waals surface area contributed by atoms with Crippen LogP contribution in [0.3, 0.4) is 0 Å². The van der Waals surface area contributed by atoms with Crippen molar-refractivity contribution in [1.29, 1.82) is 0 Å². The summed E-state index contributed by atoms with van der Waals surface area (Å²) < 4.78 is 5.31. The molecule has 0 saturated carbocycles. The number of rotatable bonds is 7. The van der Waals surface area contributed by atoms with Gasteiger partial charge in [-0.25, -0.2) is 4.79 Å². The lowest BCUT2D eigenvalue weighted by Gasteiger charge is -2.34. The van der Waals surface area contributed by atoms with Crippen molar-refractivity contribution in [2.24, 2.45) is 5.92 Å². The average Bonchev–Trinajstić information content (AvgIpc) is 2.54. The second-order valence-corrected chi connectivity index (χ2v) is 6.23. The zero-order chi connectivity index (χ0) is 16.8. The molecule has 128 valence electrons. The SMILES string of the molecule is O=C(O)COc1ccc(Cl)cc1CN1CCC(C(O)CO)CC1. The summed E-state index contributed by atoms with van der Waals surface area (Å²) in [5, 5.41) is 28.0. The average molecular weight is 344 g/mol. The summed E-state index contributed by atoms with van der Waals surface area (Å²) in [6.45, 7) is 1.61. The fraction of sp³-hybridized carbons (Fsp3) is 0.562. The minimum atomic E-state index is -1.02. The fourth-order valence-corrected chi connectivity index (χ4v) is 3.03. The van der Waals surface area contributed by atoms with Crippen LogP contribution < -0.4 is 4.74 Å². The number of carbonyl (C=O) groups is 1. The molecule has 0 aliphatic carbocycles. The van der Waals surface area contributed by atoms with Gasteiger partial charge in [-0.1, -0.05) is 11.6 Å². The molecule has 0 bridgehead atoms. The first-order valence-corrected chi connectivity index (χ1v) is 8.01. The van der Waals surface area contributed by atoms with E-state index < -0.39 is 12.1 Å². The van der Waals surface area contributed by atoms with Gasteiger partial charge in [0.1, 0.15) is 5.75 Å². The largest absolute Gasteiger partial charge is 0.482 e. The van der Waals surface area contributed by atoms with E-state index in [0.29, 0.717) is 17.3 Å². The van der Waals surface area contributed by atoms with Gasteiger partial charge in [0.25, 0.3) is 0 Å². The molecular formula is C16H22ClNO5. The fourth-order valence-electron chi connectivity index (χ4n) is 2.84. The number of aliphatic carboxylic acids is 1. The van der Waals surface area contributed by atoms with Crippen LogP contribution in [0.2, 0.25) is 5.02 Å². The number of carboxylic acids is 1. The Bertz CT molecular complexity index is 531. The highest BCUT2D eigenvalue weighted by Gasteiger charge is 2.25. The van der Waals surface area contributed by atoms with E-state index >= 15 is 0 Å². The Labute approximate surface area is 140 Å². The van der Waals surface area contributed by atoms with Crippen molar-refractivity contribution in [1.82, 2.24) is 4.90 Å². The minimum absolute atomic E-state index is 0.123. The second kappa shape index (κ2) is 8.49. The van der Waals surface area contributed by atoms with E-state index in [9.17, 15) is 9.90 Å². The third kappa shape index (κ3) is 5.35. The van der Waals surface area contributed by atoms with E-state index in [1.54, 1.807) is 18.2 Å². The lowest BCUT2D eigenvalue weighted by molar-refractivity contribution is -0.139. The molecule has 0 amide bonds. The molecule has 1 fully saturated rings. The molecule has 0 aromatic heterocycles. The highest BCUT2D eigenvalue weighted by Crippen LogP contribution is 2.27. The lowest BCUT2D eigenvalue weighted by atomic mass is 9.91. The number of aliphatic hydroxyl groups excluding tert-OH is 2. The zero-order valence-corrected chi connectivity index (χ0v) is 13.6. The van der Waals surface area contributed by atoms with Crippen molar-refractivity contribution in [3.63, 3.8) is 0 Å². The Kier molecular flexibility index (Phi) is 6.65. The van der Waals surface area contributed by atoms with Crippen LogP contribution in [-0.4, -0.2) is 58.6 Å². The standard InChI is InChI=1S/C16H22ClNO5/c17-13-1-2-15(23-10-16(21)22)12(7-13)8-18-5-3-11(4-6-18)14(20)9-19/h1-2,7,11,14,19-20H,3-6,8-10H2,(H,21,22). The second-order valence-electron chi connectivity index (χ2n) is 5.80. The Hall–Kier alpha value is -1.34. The van der Waals surface area contributed by atoms with Gasteiger partial charge in [-0.3, -0.25) is 4.90 Å². The highest BCUT2D eigenvalue weighted by atomic mass is 35.5. The molecule has 0 spiro atoms. The summed E-state index contributed by atoms with van der Waals surface area (Å²) >= 11 is 6.03. The maximum absolute atomic E-state index is 10.7. The minimum Gasteiger partial charge on any atom is -0.482 e. The van der Waals surface area contributed by atoms with Crippen LogP contribution in [0.4, 0.5) is 0 Å². The quantitative estimate of drug-likeness (QED) is 0.692. The number of benzene rings is 1. The van der Waals surface area contributed by atoms with Crippen molar-refractivity contribution in [3.8, 4) is 5.75 Å². The smallest absolute Gasteiger partial charge is 0.341 e. The molecule has 1 aromatic carbocycles. The number of ether oxygens (including phenoxy) is 1. The molecule has 1 atom stereocenters. The van der Waals surface area contributed by atoms with E-state index in [2.05, 4.69) is 4.90 Å². The molecule has 0 radical (unpaired) electrons. The van der Waals surface area contributed by atoms with Crippen molar-refractivity contribution in [2.75, 3.05) is 26.3 Å². The molecule has 2 rings (SSSR count). The van der Waals surface area contributed by atoms with Gasteiger partial charge in [0.15, 0.2) is 6.61 Å². The Balaban J connectivity index is 1.97. The number of hydrogen-bond donors (Lipinski definition) is 3. The maximum atomic E-state index is 10.7. The van der Waals surface area contributed by atoms with Crippen LogP contribution in [0.5, 0.6) is 5.75 Å². The van der Waals surface area contributed by atoms with Gasteiger partial charge in [-0.2, -0.15) is 0 Å². The van der Waals surface area contributed by atoms with Gasteiger partial charge < -0.3 is 20.1 Å². The Morgan fingerprint density at radius 2 is 2.09 bits per heavy atom. The normalized spacial score (nSPS) is 17.9. The number of piperidine rings is 1. The van der Waals surface area contributed by atoms with Crippen molar-refractivity contribution >= 4 is 17.6 Å². The van der Waals surface area contributed by atoms with Crippen molar-refractivity contribution in [2.45, 2.75) is 25.5 Å². The van der Waals surface area contributed by atoms with E-state index in [4.69, 9.17) is 26.6 Å². The number of likely N-dealkylation sites (tertiary alicyclic amines) is 1. The van der Waals surface area contributed by atoms with Crippen LogP contribution in [-0.2, 0) is 11.3 Å². The van der Waals surface area contributed by atoms with E-state index in [1.165, 1.54) is 0 Å². The van der Waals surface area contributed by atoms with E-state index in [0.717, 1.165) is 31.5 Å². The molecule has 1 aliphatic heterocycles. The molecule has 1 saturated heterocycles. The molecule has 6 nitrogen and oxygen atoms in total. The molecule has 1 aliphatic rings. The number of halogens is 1. The number of nitrogens with zero attached hydrogens (tertiary/aromatic N) is 1. The predicted molar refractivity (Wildman–Crippen MR) is 85.7 cm³/mol. The van der Waals surface area contributed by atoms with Gasteiger partial charge in [-0.05, 0) is 50.0 Å². The predicted octanol–water partition coefficient (Wildman–Crippen LogP) is 1.37.